The summed E-state index contributed by atoms with van der Waals surface area (Å²) in [7, 11) is -3.29. The Bertz CT molecular complexity index is 538. The van der Waals surface area contributed by atoms with Crippen LogP contribution >= 0.6 is 0 Å². The number of hydrogen-bond acceptors (Lipinski definition) is 4. The predicted octanol–water partition coefficient (Wildman–Crippen LogP) is 1.52. The molecule has 0 radical (unpaired) electrons. The van der Waals surface area contributed by atoms with Crippen LogP contribution < -0.4 is 5.73 Å². The molecule has 0 aliphatic heterocycles. The van der Waals surface area contributed by atoms with E-state index in [9.17, 15) is 8.42 Å². The molecule has 0 heterocycles. The van der Waals surface area contributed by atoms with Crippen LogP contribution in [0.25, 0.3) is 0 Å². The van der Waals surface area contributed by atoms with Gasteiger partial charge >= 0.3 is 0 Å². The number of benzene rings is 1. The number of sulfone groups is 1. The molecule has 1 fully saturated rings. The van der Waals surface area contributed by atoms with Gasteiger partial charge in [0.2, 0.25) is 0 Å². The van der Waals surface area contributed by atoms with Crippen molar-refractivity contribution in [2.75, 3.05) is 19.8 Å². The molecule has 0 amide bonds. The lowest BCUT2D eigenvalue weighted by Crippen LogP contribution is -2.28. The summed E-state index contributed by atoms with van der Waals surface area (Å²) in [5.41, 5.74) is 6.42. The van der Waals surface area contributed by atoms with E-state index in [2.05, 4.69) is 0 Å². The van der Waals surface area contributed by atoms with Crippen LogP contribution in [0.1, 0.15) is 18.9 Å². The van der Waals surface area contributed by atoms with Crippen LogP contribution in [-0.2, 0) is 14.6 Å². The third-order valence-corrected chi connectivity index (χ3v) is 6.18. The van der Waals surface area contributed by atoms with Crippen molar-refractivity contribution in [3.63, 3.8) is 0 Å². The van der Waals surface area contributed by atoms with Crippen molar-refractivity contribution in [1.82, 2.24) is 0 Å². The van der Waals surface area contributed by atoms with Gasteiger partial charge in [0.05, 0.1) is 16.8 Å². The van der Waals surface area contributed by atoms with E-state index >= 15 is 0 Å². The Morgan fingerprint density at radius 1 is 1.37 bits per heavy atom. The molecule has 0 bridgehead atoms. The van der Waals surface area contributed by atoms with Gasteiger partial charge in [0.25, 0.3) is 0 Å². The molecule has 1 aromatic rings. The largest absolute Gasteiger partial charge is 0.381 e. The van der Waals surface area contributed by atoms with E-state index in [1.165, 1.54) is 0 Å². The molecule has 0 spiro atoms. The zero-order valence-corrected chi connectivity index (χ0v) is 12.2. The highest BCUT2D eigenvalue weighted by molar-refractivity contribution is 7.92. The van der Waals surface area contributed by atoms with E-state index in [0.717, 1.165) is 5.56 Å². The Balaban J connectivity index is 2.20. The third kappa shape index (κ3) is 2.68. The van der Waals surface area contributed by atoms with Crippen LogP contribution in [0.3, 0.4) is 0 Å². The fourth-order valence-corrected chi connectivity index (χ4v) is 4.59. The molecule has 1 aliphatic carbocycles. The van der Waals surface area contributed by atoms with Gasteiger partial charge < -0.3 is 10.5 Å². The van der Waals surface area contributed by atoms with Crippen molar-refractivity contribution in [1.29, 1.82) is 0 Å². The highest BCUT2D eigenvalue weighted by Gasteiger charge is 2.60. The number of hydrogen-bond donors (Lipinski definition) is 1. The summed E-state index contributed by atoms with van der Waals surface area (Å²) >= 11 is 0. The first-order valence-corrected chi connectivity index (χ1v) is 8.09. The molecule has 1 aliphatic rings. The summed E-state index contributed by atoms with van der Waals surface area (Å²) in [4.78, 5) is 0.384. The normalized spacial score (nSPS) is 26.4. The molecule has 1 aromatic carbocycles. The van der Waals surface area contributed by atoms with Gasteiger partial charge in [-0.2, -0.15) is 0 Å². The maximum Gasteiger partial charge on any atom is 0.181 e. The standard InChI is InChI=1S/C14H21NO3S/c1-3-18-10-14(9-15)8-13(14)19(16,17)12-6-4-11(2)5-7-12/h4-7,13H,3,8-10,15H2,1-2H3/t13-,14+/m0/s1. The summed E-state index contributed by atoms with van der Waals surface area (Å²) in [6.07, 6.45) is 0.597. The predicted molar refractivity (Wildman–Crippen MR) is 74.8 cm³/mol. The highest BCUT2D eigenvalue weighted by Crippen LogP contribution is 2.52. The van der Waals surface area contributed by atoms with Crippen molar-refractivity contribution in [3.8, 4) is 0 Å². The van der Waals surface area contributed by atoms with Crippen LogP contribution in [0.5, 0.6) is 0 Å². The monoisotopic (exact) mass is 283 g/mol. The second kappa shape index (κ2) is 5.23. The maximum absolute atomic E-state index is 12.5. The second-order valence-corrected chi connectivity index (χ2v) is 7.38. The smallest absolute Gasteiger partial charge is 0.181 e. The van der Waals surface area contributed by atoms with Crippen molar-refractivity contribution >= 4 is 9.84 Å². The van der Waals surface area contributed by atoms with E-state index in [4.69, 9.17) is 10.5 Å². The topological polar surface area (TPSA) is 69.4 Å². The number of rotatable bonds is 6. The van der Waals surface area contributed by atoms with Crippen molar-refractivity contribution in [2.24, 2.45) is 11.1 Å². The molecule has 4 nitrogen and oxygen atoms in total. The zero-order valence-electron chi connectivity index (χ0n) is 11.4. The summed E-state index contributed by atoms with van der Waals surface area (Å²) in [6.45, 7) is 5.19. The van der Waals surface area contributed by atoms with Crippen LogP contribution in [0.2, 0.25) is 0 Å². The average molecular weight is 283 g/mol. The van der Waals surface area contributed by atoms with Crippen LogP contribution in [0.4, 0.5) is 0 Å². The van der Waals surface area contributed by atoms with E-state index in [1.54, 1.807) is 12.1 Å². The van der Waals surface area contributed by atoms with Crippen LogP contribution in [-0.4, -0.2) is 33.4 Å². The number of aryl methyl sites for hydroxylation is 1. The minimum atomic E-state index is -3.29. The summed E-state index contributed by atoms with van der Waals surface area (Å²) in [6, 6.07) is 6.99. The zero-order chi connectivity index (χ0) is 14.1. The van der Waals surface area contributed by atoms with Gasteiger partial charge in [-0.3, -0.25) is 0 Å². The molecule has 0 unspecified atom stereocenters. The van der Waals surface area contributed by atoms with E-state index in [1.807, 2.05) is 26.0 Å². The summed E-state index contributed by atoms with van der Waals surface area (Å²) < 4.78 is 30.5. The van der Waals surface area contributed by atoms with Crippen LogP contribution in [0.15, 0.2) is 29.2 Å². The fraction of sp³-hybridized carbons (Fsp3) is 0.571. The van der Waals surface area contributed by atoms with Gasteiger partial charge in [-0.15, -0.1) is 0 Å². The molecule has 2 atom stereocenters. The first-order valence-electron chi connectivity index (χ1n) is 6.54. The minimum Gasteiger partial charge on any atom is -0.381 e. The van der Waals surface area contributed by atoms with Crippen LogP contribution in [0, 0.1) is 12.3 Å². The van der Waals surface area contributed by atoms with E-state index in [-0.39, 0.29) is 5.41 Å². The lowest BCUT2D eigenvalue weighted by Gasteiger charge is -2.15. The van der Waals surface area contributed by atoms with Crippen molar-refractivity contribution in [3.05, 3.63) is 29.8 Å². The van der Waals surface area contributed by atoms with E-state index < -0.39 is 15.1 Å². The lowest BCUT2D eigenvalue weighted by molar-refractivity contribution is 0.104. The van der Waals surface area contributed by atoms with E-state index in [0.29, 0.717) is 31.1 Å². The fourth-order valence-electron chi connectivity index (χ4n) is 2.37. The highest BCUT2D eigenvalue weighted by atomic mass is 32.2. The first kappa shape index (κ1) is 14.5. The molecule has 2 rings (SSSR count). The molecule has 106 valence electrons. The molecule has 2 N–H and O–H groups in total. The number of ether oxygens (including phenoxy) is 1. The van der Waals surface area contributed by atoms with Gasteiger partial charge in [0, 0.05) is 18.6 Å². The van der Waals surface area contributed by atoms with Gasteiger partial charge in [-0.25, -0.2) is 8.42 Å². The Hall–Kier alpha value is -0.910. The van der Waals surface area contributed by atoms with Gasteiger partial charge in [0.15, 0.2) is 9.84 Å². The maximum atomic E-state index is 12.5. The number of nitrogens with two attached hydrogens (primary N) is 1. The Morgan fingerprint density at radius 2 is 2.00 bits per heavy atom. The quantitative estimate of drug-likeness (QED) is 0.859. The molecule has 0 aromatic heterocycles. The first-order chi connectivity index (χ1) is 8.96. The molecule has 0 saturated heterocycles. The van der Waals surface area contributed by atoms with Crippen molar-refractivity contribution in [2.45, 2.75) is 30.4 Å². The average Bonchev–Trinajstić information content (AvgIpc) is 3.13. The third-order valence-electron chi connectivity index (χ3n) is 3.84. The molecule has 1 saturated carbocycles. The molecular formula is C14H21NO3S. The minimum absolute atomic E-state index is 0.350. The Kier molecular flexibility index (Phi) is 3.99. The SMILES string of the molecule is CCOC[C@]1(CN)C[C@@H]1S(=O)(=O)c1ccc(C)cc1. The molecular weight excluding hydrogens is 262 g/mol. The van der Waals surface area contributed by atoms with Gasteiger partial charge in [-0.05, 0) is 32.4 Å². The Morgan fingerprint density at radius 3 is 2.53 bits per heavy atom. The lowest BCUT2D eigenvalue weighted by atomic mass is 10.1. The molecule has 5 heteroatoms. The summed E-state index contributed by atoms with van der Waals surface area (Å²) in [5.74, 6) is 0. The Labute approximate surface area is 114 Å². The summed E-state index contributed by atoms with van der Waals surface area (Å²) in [5, 5.41) is -0.403. The second-order valence-electron chi connectivity index (χ2n) is 5.25. The molecule has 19 heavy (non-hydrogen) atoms. The van der Waals surface area contributed by atoms with Gasteiger partial charge in [-0.1, -0.05) is 17.7 Å². The van der Waals surface area contributed by atoms with Crippen molar-refractivity contribution < 1.29 is 13.2 Å². The van der Waals surface area contributed by atoms with Gasteiger partial charge in [0.1, 0.15) is 0 Å².